The molecule has 2 aromatic carbocycles. The number of hydrogen-bond acceptors (Lipinski definition) is 1. The van der Waals surface area contributed by atoms with Crippen LogP contribution in [0, 0.1) is 0 Å². The number of hydrogen-bond donors (Lipinski definition) is 0. The number of fused-ring (bicyclic) bond motifs is 1. The molecule has 0 fully saturated rings. The van der Waals surface area contributed by atoms with Gasteiger partial charge < -0.3 is 17.8 Å². The van der Waals surface area contributed by atoms with E-state index in [2.05, 4.69) is 0 Å². The number of nitrogens with zero attached hydrogens (tertiary/aromatic N) is 1. The van der Waals surface area contributed by atoms with E-state index in [1.165, 1.54) is 12.1 Å². The quantitative estimate of drug-likeness (QED) is 0.697. The van der Waals surface area contributed by atoms with E-state index >= 15 is 0 Å². The summed E-state index contributed by atoms with van der Waals surface area (Å²) in [5.41, 5.74) is 0.274. The van der Waals surface area contributed by atoms with Gasteiger partial charge in [0.15, 0.2) is 0 Å². The van der Waals surface area contributed by atoms with Crippen molar-refractivity contribution in [3.63, 3.8) is 0 Å². The summed E-state index contributed by atoms with van der Waals surface area (Å²) in [6, 6.07) is 9.31. The van der Waals surface area contributed by atoms with Crippen molar-refractivity contribution in [3.8, 4) is 0 Å². The Morgan fingerprint density at radius 3 is 2.00 bits per heavy atom. The molecule has 0 unspecified atom stereocenters. The Balaban J connectivity index is 0.00000162. The van der Waals surface area contributed by atoms with E-state index in [4.69, 9.17) is 0 Å². The molecule has 0 aliphatic carbocycles. The van der Waals surface area contributed by atoms with E-state index in [0.29, 0.717) is 5.39 Å². The van der Waals surface area contributed by atoms with E-state index in [0.717, 1.165) is 11.8 Å². The first-order valence-electron chi connectivity index (χ1n) is 5.30. The van der Waals surface area contributed by atoms with Crippen molar-refractivity contribution < 1.29 is 64.3 Å². The van der Waals surface area contributed by atoms with E-state index in [1.54, 1.807) is 12.1 Å². The van der Waals surface area contributed by atoms with Gasteiger partial charge in [-0.15, -0.1) is 5.46 Å². The zero-order valence-corrected chi connectivity index (χ0v) is 13.7. The summed E-state index contributed by atoms with van der Waals surface area (Å²) in [5, 5.41) is 0.903. The Hall–Kier alpha value is -0.00870. The minimum Gasteiger partial charge on any atom is -0.445 e. The maximum atomic E-state index is 12.9. The second-order valence-electron chi connectivity index (χ2n) is 4.19. The summed E-state index contributed by atoms with van der Waals surface area (Å²) in [7, 11) is 3.64. The fourth-order valence-corrected chi connectivity index (χ4v) is 1.99. The van der Waals surface area contributed by atoms with Gasteiger partial charge in [-0.25, -0.2) is 0 Å². The molecule has 0 aliphatic rings. The van der Waals surface area contributed by atoms with Crippen LogP contribution >= 0.6 is 0 Å². The fourth-order valence-electron chi connectivity index (χ4n) is 1.99. The summed E-state index contributed by atoms with van der Waals surface area (Å²) in [6.07, 6.45) is 0. The van der Waals surface area contributed by atoms with E-state index in [9.17, 15) is 12.9 Å². The van der Waals surface area contributed by atoms with Gasteiger partial charge in [-0.2, -0.15) is 0 Å². The molecule has 18 heavy (non-hydrogen) atoms. The molecule has 6 heteroatoms. The molecule has 2 rings (SSSR count). The molecule has 2 aromatic rings. The summed E-state index contributed by atoms with van der Waals surface area (Å²) in [6.45, 7) is -4.97. The Morgan fingerprint density at radius 2 is 1.44 bits per heavy atom. The second kappa shape index (κ2) is 5.96. The average Bonchev–Trinajstić information content (AvgIpc) is 2.26. The summed E-state index contributed by atoms with van der Waals surface area (Å²) < 4.78 is 38.7. The van der Waals surface area contributed by atoms with Crippen LogP contribution in [0.5, 0.6) is 0 Å². The predicted octanol–water partition coefficient (Wildman–Crippen LogP) is -0.0358. The summed E-state index contributed by atoms with van der Waals surface area (Å²) in [4.78, 5) is 1.81. The van der Waals surface area contributed by atoms with Crippen LogP contribution in [-0.2, 0) is 0 Å². The zero-order valence-electron chi connectivity index (χ0n) is 10.6. The van der Waals surface area contributed by atoms with Crippen molar-refractivity contribution in [1.29, 1.82) is 0 Å². The Bertz CT molecular complexity index is 555. The van der Waals surface area contributed by atoms with Crippen LogP contribution in [-0.4, -0.2) is 21.1 Å². The van der Waals surface area contributed by atoms with Crippen molar-refractivity contribution in [2.24, 2.45) is 0 Å². The number of benzene rings is 2. The zero-order chi connectivity index (χ0) is 12.6. The monoisotopic (exact) mass is 277 g/mol. The maximum absolute atomic E-state index is 12.9. The van der Waals surface area contributed by atoms with Crippen LogP contribution < -0.4 is 61.7 Å². The molecule has 0 radical (unpaired) electrons. The minimum atomic E-state index is -4.97. The molecule has 0 atom stereocenters. The van der Waals surface area contributed by atoms with Gasteiger partial charge in [-0.1, -0.05) is 30.3 Å². The molecule has 0 amide bonds. The first-order chi connectivity index (χ1) is 7.91. The normalized spacial score (nSPS) is 11.2. The molecule has 0 bridgehead atoms. The number of anilines is 1. The van der Waals surface area contributed by atoms with Gasteiger partial charge in [0.05, 0.1) is 0 Å². The largest absolute Gasteiger partial charge is 1.00 e. The van der Waals surface area contributed by atoms with Gasteiger partial charge in [-0.3, -0.25) is 0 Å². The Morgan fingerprint density at radius 1 is 0.889 bits per heavy atom. The van der Waals surface area contributed by atoms with Crippen LogP contribution in [0.25, 0.3) is 10.8 Å². The third-order valence-electron chi connectivity index (χ3n) is 2.77. The predicted molar refractivity (Wildman–Crippen MR) is 67.0 cm³/mol. The van der Waals surface area contributed by atoms with Crippen LogP contribution in [0.2, 0.25) is 0 Å². The van der Waals surface area contributed by atoms with Gasteiger partial charge in [0.25, 0.3) is 0 Å². The summed E-state index contributed by atoms with van der Waals surface area (Å²) >= 11 is 0. The third kappa shape index (κ3) is 3.11. The molecule has 0 heterocycles. The molecule has 1 nitrogen and oxygen atoms in total. The molecule has 0 saturated heterocycles. The van der Waals surface area contributed by atoms with E-state index < -0.39 is 12.4 Å². The van der Waals surface area contributed by atoms with Gasteiger partial charge in [0.2, 0.25) is 0 Å². The molecule has 0 spiro atoms. The maximum Gasteiger partial charge on any atom is 1.00 e. The van der Waals surface area contributed by atoms with Gasteiger partial charge in [0, 0.05) is 25.2 Å². The van der Waals surface area contributed by atoms with Crippen LogP contribution in [0.4, 0.5) is 18.6 Å². The topological polar surface area (TPSA) is 3.24 Å². The average molecular weight is 277 g/mol. The Labute approximate surface area is 147 Å². The fraction of sp³-hybridized carbons (Fsp3) is 0.167. The number of rotatable bonds is 2. The van der Waals surface area contributed by atoms with Crippen molar-refractivity contribution in [1.82, 2.24) is 0 Å². The first kappa shape index (κ1) is 16.0. The molecule has 0 aliphatic heterocycles. The van der Waals surface area contributed by atoms with E-state index in [-0.39, 0.29) is 56.8 Å². The van der Waals surface area contributed by atoms with E-state index in [1.807, 2.05) is 25.1 Å². The van der Waals surface area contributed by atoms with Gasteiger partial charge in [0.1, 0.15) is 0 Å². The van der Waals surface area contributed by atoms with Crippen LogP contribution in [0.3, 0.4) is 0 Å². The molecule has 0 aromatic heterocycles. The SMILES string of the molecule is CN(C)c1cccc2c([B-](F)(F)F)cccc12.[K+]. The molecular formula is C12H12BF3KN. The molecule has 90 valence electrons. The standard InChI is InChI=1S/C12H12BF3N.K/c1-17(2)12-8-4-5-9-10(12)6-3-7-11(9)13(14,15)16;/h3-8H,1-2H3;/q-1;+1. The van der Waals surface area contributed by atoms with Crippen molar-refractivity contribution >= 4 is 28.9 Å². The van der Waals surface area contributed by atoms with Gasteiger partial charge >= 0.3 is 58.4 Å². The summed E-state index contributed by atoms with van der Waals surface area (Å²) in [5.74, 6) is 0. The molecule has 0 saturated carbocycles. The third-order valence-corrected chi connectivity index (χ3v) is 2.77. The van der Waals surface area contributed by atoms with Crippen molar-refractivity contribution in [2.45, 2.75) is 0 Å². The molecular weight excluding hydrogens is 265 g/mol. The van der Waals surface area contributed by atoms with Crippen LogP contribution in [0.1, 0.15) is 0 Å². The van der Waals surface area contributed by atoms with Crippen molar-refractivity contribution in [3.05, 3.63) is 36.4 Å². The van der Waals surface area contributed by atoms with Crippen LogP contribution in [0.15, 0.2) is 36.4 Å². The smallest absolute Gasteiger partial charge is 0.445 e. The minimum absolute atomic E-state index is 0. The first-order valence-corrected chi connectivity index (χ1v) is 5.30. The Kier molecular flexibility index (Phi) is 5.32. The van der Waals surface area contributed by atoms with Gasteiger partial charge in [-0.05, 0) is 11.5 Å². The number of halogens is 3. The van der Waals surface area contributed by atoms with Crippen molar-refractivity contribution in [2.75, 3.05) is 19.0 Å². The molecule has 0 N–H and O–H groups in total. The second-order valence-corrected chi connectivity index (χ2v) is 4.19.